The number of hydrogen-bond donors (Lipinski definition) is 1. The van der Waals surface area contributed by atoms with Crippen molar-refractivity contribution in [2.45, 2.75) is 75.2 Å². The molecule has 132 valence electrons. The fourth-order valence-corrected chi connectivity index (χ4v) is 5.39. The molecule has 3 aliphatic heterocycles. The van der Waals surface area contributed by atoms with Gasteiger partial charge in [0, 0.05) is 35.5 Å². The summed E-state index contributed by atoms with van der Waals surface area (Å²) in [7, 11) is 0. The molecule has 4 atom stereocenters. The summed E-state index contributed by atoms with van der Waals surface area (Å²) in [5.41, 5.74) is 1.68. The van der Waals surface area contributed by atoms with Gasteiger partial charge in [-0.15, -0.1) is 0 Å². The summed E-state index contributed by atoms with van der Waals surface area (Å²) in [4.78, 5) is 2.67. The Morgan fingerprint density at radius 3 is 2.54 bits per heavy atom. The Balaban J connectivity index is 1.53. The Bertz CT molecular complexity index is 621. The van der Waals surface area contributed by atoms with E-state index in [2.05, 4.69) is 30.9 Å². The molecule has 4 heteroatoms. The molecule has 0 aliphatic carbocycles. The highest BCUT2D eigenvalue weighted by atomic mass is 35.5. The molecule has 4 rings (SSSR count). The Morgan fingerprint density at radius 2 is 1.88 bits per heavy atom. The van der Waals surface area contributed by atoms with Gasteiger partial charge in [-0.05, 0) is 56.7 Å². The monoisotopic (exact) mass is 349 g/mol. The number of piperidine rings is 2. The molecule has 0 saturated carbocycles. The molecule has 3 fully saturated rings. The average molecular weight is 350 g/mol. The van der Waals surface area contributed by atoms with Gasteiger partial charge in [0.05, 0.1) is 5.60 Å². The van der Waals surface area contributed by atoms with E-state index in [0.717, 1.165) is 43.8 Å². The van der Waals surface area contributed by atoms with E-state index in [4.69, 9.17) is 16.3 Å². The Labute approximate surface area is 149 Å². The average Bonchev–Trinajstić information content (AvgIpc) is 2.89. The second kappa shape index (κ2) is 5.70. The van der Waals surface area contributed by atoms with Crippen LogP contribution in [0.1, 0.15) is 57.9 Å². The van der Waals surface area contributed by atoms with Crippen molar-refractivity contribution in [2.75, 3.05) is 13.1 Å². The number of aliphatic hydroxyl groups is 1. The van der Waals surface area contributed by atoms with Crippen LogP contribution in [0.4, 0.5) is 0 Å². The van der Waals surface area contributed by atoms with Crippen molar-refractivity contribution < 1.29 is 9.84 Å². The van der Waals surface area contributed by atoms with Crippen molar-refractivity contribution in [2.24, 2.45) is 0 Å². The largest absolute Gasteiger partial charge is 0.368 e. The Kier molecular flexibility index (Phi) is 4.00. The van der Waals surface area contributed by atoms with Crippen LogP contribution >= 0.6 is 11.6 Å². The van der Waals surface area contributed by atoms with Crippen molar-refractivity contribution >= 4 is 11.6 Å². The smallest absolute Gasteiger partial charge is 0.155 e. The van der Waals surface area contributed by atoms with Gasteiger partial charge in [-0.2, -0.15) is 0 Å². The zero-order valence-electron chi connectivity index (χ0n) is 14.7. The summed E-state index contributed by atoms with van der Waals surface area (Å²) in [6.07, 6.45) is 5.69. The summed E-state index contributed by atoms with van der Waals surface area (Å²) in [6.45, 7) is 6.93. The maximum Gasteiger partial charge on any atom is 0.155 e. The molecule has 3 heterocycles. The molecule has 0 bridgehead atoms. The standard InChI is InChI=1S/C20H28ClNO2/c1-18(15-3-5-16(21)6-4-15)9-10-19(2)13-20(8-7-17(23)24-20)11-12-22(19)14-18/h3-6,17,23H,7-14H2,1-2H3. The van der Waals surface area contributed by atoms with E-state index in [-0.39, 0.29) is 16.6 Å². The first-order valence-electron chi connectivity index (χ1n) is 9.20. The number of rotatable bonds is 1. The quantitative estimate of drug-likeness (QED) is 0.828. The molecule has 3 saturated heterocycles. The van der Waals surface area contributed by atoms with Crippen molar-refractivity contribution in [3.05, 3.63) is 34.9 Å². The predicted molar refractivity (Wildman–Crippen MR) is 96.3 cm³/mol. The molecular formula is C20H28ClNO2. The molecule has 0 aromatic heterocycles. The number of ether oxygens (including phenoxy) is 1. The minimum absolute atomic E-state index is 0.0846. The molecule has 4 unspecified atom stereocenters. The molecule has 1 N–H and O–H groups in total. The van der Waals surface area contributed by atoms with Gasteiger partial charge in [0.2, 0.25) is 0 Å². The molecular weight excluding hydrogens is 322 g/mol. The van der Waals surface area contributed by atoms with E-state index in [1.165, 1.54) is 18.4 Å². The van der Waals surface area contributed by atoms with Crippen LogP contribution in [-0.4, -0.2) is 40.5 Å². The van der Waals surface area contributed by atoms with Crippen LogP contribution < -0.4 is 0 Å². The van der Waals surface area contributed by atoms with Crippen LogP contribution in [0.5, 0.6) is 0 Å². The zero-order valence-corrected chi connectivity index (χ0v) is 15.5. The van der Waals surface area contributed by atoms with Crippen LogP contribution in [-0.2, 0) is 10.2 Å². The van der Waals surface area contributed by atoms with E-state index in [1.807, 2.05) is 12.1 Å². The van der Waals surface area contributed by atoms with E-state index in [0.29, 0.717) is 0 Å². The summed E-state index contributed by atoms with van der Waals surface area (Å²) >= 11 is 6.07. The lowest BCUT2D eigenvalue weighted by molar-refractivity contribution is -0.180. The summed E-state index contributed by atoms with van der Waals surface area (Å²) in [5, 5.41) is 10.6. The Hall–Kier alpha value is -0.610. The van der Waals surface area contributed by atoms with E-state index in [1.54, 1.807) is 0 Å². The fraction of sp³-hybridized carbons (Fsp3) is 0.700. The zero-order chi connectivity index (χ0) is 17.0. The lowest BCUT2D eigenvalue weighted by atomic mass is 9.65. The van der Waals surface area contributed by atoms with E-state index < -0.39 is 6.29 Å². The number of hydrogen-bond acceptors (Lipinski definition) is 3. The lowest BCUT2D eigenvalue weighted by Crippen LogP contribution is -2.63. The minimum atomic E-state index is -0.553. The normalized spacial score (nSPS) is 43.1. The van der Waals surface area contributed by atoms with Gasteiger partial charge >= 0.3 is 0 Å². The second-order valence-corrected chi connectivity index (χ2v) is 9.14. The van der Waals surface area contributed by atoms with Gasteiger partial charge in [-0.1, -0.05) is 30.7 Å². The van der Waals surface area contributed by atoms with Crippen LogP contribution in [0.3, 0.4) is 0 Å². The van der Waals surface area contributed by atoms with Crippen LogP contribution in [0, 0.1) is 0 Å². The molecule has 24 heavy (non-hydrogen) atoms. The van der Waals surface area contributed by atoms with E-state index >= 15 is 0 Å². The van der Waals surface area contributed by atoms with Crippen LogP contribution in [0.15, 0.2) is 24.3 Å². The minimum Gasteiger partial charge on any atom is -0.368 e. The number of benzene rings is 1. The first-order valence-corrected chi connectivity index (χ1v) is 9.58. The molecule has 1 aromatic carbocycles. The summed E-state index contributed by atoms with van der Waals surface area (Å²) in [6, 6.07) is 8.39. The highest BCUT2D eigenvalue weighted by Gasteiger charge is 2.53. The van der Waals surface area contributed by atoms with Crippen LogP contribution in [0.2, 0.25) is 5.02 Å². The highest BCUT2D eigenvalue weighted by Crippen LogP contribution is 2.50. The number of fused-ring (bicyclic) bond motifs is 1. The summed E-state index contributed by atoms with van der Waals surface area (Å²) in [5.74, 6) is 0. The topological polar surface area (TPSA) is 32.7 Å². The van der Waals surface area contributed by atoms with Gasteiger partial charge in [0.1, 0.15) is 0 Å². The molecule has 0 radical (unpaired) electrons. The molecule has 3 nitrogen and oxygen atoms in total. The van der Waals surface area contributed by atoms with Gasteiger partial charge in [-0.3, -0.25) is 4.90 Å². The lowest BCUT2D eigenvalue weighted by Gasteiger charge is -2.58. The van der Waals surface area contributed by atoms with Crippen molar-refractivity contribution in [3.8, 4) is 0 Å². The van der Waals surface area contributed by atoms with Crippen LogP contribution in [0.25, 0.3) is 0 Å². The SMILES string of the molecule is CC1(c2ccc(Cl)cc2)CCC2(C)CC3(CCC(O)O3)CCN2C1. The molecule has 0 amide bonds. The number of aliphatic hydroxyl groups excluding tert-OH is 1. The van der Waals surface area contributed by atoms with Gasteiger partial charge < -0.3 is 9.84 Å². The number of halogens is 1. The highest BCUT2D eigenvalue weighted by molar-refractivity contribution is 6.30. The van der Waals surface area contributed by atoms with Crippen molar-refractivity contribution in [1.82, 2.24) is 4.90 Å². The maximum absolute atomic E-state index is 9.83. The third-order valence-electron chi connectivity index (χ3n) is 6.83. The maximum atomic E-state index is 9.83. The first-order chi connectivity index (χ1) is 11.3. The van der Waals surface area contributed by atoms with E-state index in [9.17, 15) is 5.11 Å². The van der Waals surface area contributed by atoms with Gasteiger partial charge in [-0.25, -0.2) is 0 Å². The third kappa shape index (κ3) is 2.80. The summed E-state index contributed by atoms with van der Waals surface area (Å²) < 4.78 is 5.97. The molecule has 1 aromatic rings. The van der Waals surface area contributed by atoms with Gasteiger partial charge in [0.15, 0.2) is 6.29 Å². The fourth-order valence-electron chi connectivity index (χ4n) is 5.26. The first kappa shape index (κ1) is 16.8. The molecule has 1 spiro atoms. The van der Waals surface area contributed by atoms with Gasteiger partial charge in [0.25, 0.3) is 0 Å². The van der Waals surface area contributed by atoms with Crippen molar-refractivity contribution in [3.63, 3.8) is 0 Å². The predicted octanol–water partition coefficient (Wildman–Crippen LogP) is 4.11. The Morgan fingerprint density at radius 1 is 1.12 bits per heavy atom. The molecule has 3 aliphatic rings. The third-order valence-corrected chi connectivity index (χ3v) is 7.09. The second-order valence-electron chi connectivity index (χ2n) is 8.71. The van der Waals surface area contributed by atoms with Crippen molar-refractivity contribution in [1.29, 1.82) is 0 Å². The number of nitrogens with zero attached hydrogens (tertiary/aromatic N) is 1.